The van der Waals surface area contributed by atoms with E-state index in [1.54, 1.807) is 53.4 Å². The predicted molar refractivity (Wildman–Crippen MR) is 112 cm³/mol. The molecule has 30 heavy (non-hydrogen) atoms. The number of sulfonamides is 1. The minimum atomic E-state index is -3.82. The number of hydrogen-bond acceptors (Lipinski definition) is 5. The molecule has 0 N–H and O–H groups in total. The Labute approximate surface area is 179 Å². The van der Waals surface area contributed by atoms with Crippen molar-refractivity contribution < 1.29 is 17.9 Å². The summed E-state index contributed by atoms with van der Waals surface area (Å²) in [6.07, 6.45) is 1.57. The van der Waals surface area contributed by atoms with Crippen LogP contribution in [0.25, 0.3) is 6.08 Å². The Morgan fingerprint density at radius 2 is 1.90 bits per heavy atom. The molecule has 0 saturated carbocycles. The molecule has 0 unspecified atom stereocenters. The standard InChI is InChI=1S/C21H18ClN3O4S/c22-18-6-5-17-9-19(14-29-20(17)10-18)30(27,28)25-8-7-24(21(26)13-25)12-16-3-1-15(11-23)2-4-16/h1-6,9-10H,7-8,12-14H2. The van der Waals surface area contributed by atoms with Crippen LogP contribution in [0.4, 0.5) is 0 Å². The fourth-order valence-electron chi connectivity index (χ4n) is 3.40. The number of amides is 1. The van der Waals surface area contributed by atoms with Crippen LogP contribution >= 0.6 is 11.6 Å². The summed E-state index contributed by atoms with van der Waals surface area (Å²) in [7, 11) is -3.82. The van der Waals surface area contributed by atoms with E-state index in [1.807, 2.05) is 0 Å². The summed E-state index contributed by atoms with van der Waals surface area (Å²) in [5.41, 5.74) is 2.07. The van der Waals surface area contributed by atoms with Crippen LogP contribution in [-0.2, 0) is 21.4 Å². The molecule has 2 aliphatic rings. The van der Waals surface area contributed by atoms with Crippen LogP contribution in [0.2, 0.25) is 5.02 Å². The molecular weight excluding hydrogens is 426 g/mol. The number of halogens is 1. The van der Waals surface area contributed by atoms with Crippen molar-refractivity contribution in [3.05, 3.63) is 69.1 Å². The first-order valence-corrected chi connectivity index (χ1v) is 11.1. The van der Waals surface area contributed by atoms with Gasteiger partial charge in [0.2, 0.25) is 15.9 Å². The molecule has 9 heteroatoms. The SMILES string of the molecule is N#Cc1ccc(CN2CCN(S(=O)(=O)C3=Cc4ccc(Cl)cc4OC3)CC2=O)cc1. The predicted octanol–water partition coefficient (Wildman–Crippen LogP) is 2.62. The highest BCUT2D eigenvalue weighted by Gasteiger charge is 2.35. The lowest BCUT2D eigenvalue weighted by atomic mass is 10.1. The smallest absolute Gasteiger partial charge is 0.243 e. The van der Waals surface area contributed by atoms with E-state index in [0.29, 0.717) is 35.0 Å². The number of fused-ring (bicyclic) bond motifs is 1. The Hall–Kier alpha value is -2.86. The Kier molecular flexibility index (Phi) is 5.52. The van der Waals surface area contributed by atoms with E-state index in [-0.39, 0.29) is 30.5 Å². The maximum Gasteiger partial charge on any atom is 0.243 e. The van der Waals surface area contributed by atoms with Gasteiger partial charge in [-0.15, -0.1) is 0 Å². The summed E-state index contributed by atoms with van der Waals surface area (Å²) >= 11 is 5.94. The fraction of sp³-hybridized carbons (Fsp3) is 0.238. The van der Waals surface area contributed by atoms with Crippen molar-refractivity contribution in [2.24, 2.45) is 0 Å². The van der Waals surface area contributed by atoms with Crippen molar-refractivity contribution in [3.63, 3.8) is 0 Å². The summed E-state index contributed by atoms with van der Waals surface area (Å²) in [5.74, 6) is 0.267. The second kappa shape index (κ2) is 8.11. The summed E-state index contributed by atoms with van der Waals surface area (Å²) in [6.45, 7) is 0.546. The van der Waals surface area contributed by atoms with E-state index >= 15 is 0 Å². The lowest BCUT2D eigenvalue weighted by Gasteiger charge is -2.34. The second-order valence-corrected chi connectivity index (χ2v) is 9.47. The van der Waals surface area contributed by atoms with Gasteiger partial charge in [-0.25, -0.2) is 8.42 Å². The average Bonchev–Trinajstić information content (AvgIpc) is 2.75. The summed E-state index contributed by atoms with van der Waals surface area (Å²) in [5, 5.41) is 9.39. The molecule has 0 spiro atoms. The van der Waals surface area contributed by atoms with Crippen LogP contribution in [0, 0.1) is 11.3 Å². The van der Waals surface area contributed by atoms with Gasteiger partial charge in [0.15, 0.2) is 0 Å². The van der Waals surface area contributed by atoms with Crippen LogP contribution in [0.1, 0.15) is 16.7 Å². The molecule has 0 bridgehead atoms. The lowest BCUT2D eigenvalue weighted by molar-refractivity contribution is -0.134. The number of benzene rings is 2. The van der Waals surface area contributed by atoms with Gasteiger partial charge >= 0.3 is 0 Å². The summed E-state index contributed by atoms with van der Waals surface area (Å²) in [4.78, 5) is 14.3. The molecule has 2 aliphatic heterocycles. The molecule has 1 amide bonds. The molecule has 2 heterocycles. The maximum absolute atomic E-state index is 13.0. The highest BCUT2D eigenvalue weighted by molar-refractivity contribution is 7.93. The minimum Gasteiger partial charge on any atom is -0.487 e. The van der Waals surface area contributed by atoms with E-state index in [4.69, 9.17) is 21.6 Å². The normalized spacial score (nSPS) is 17.0. The molecule has 0 radical (unpaired) electrons. The van der Waals surface area contributed by atoms with Crippen molar-refractivity contribution in [2.45, 2.75) is 6.54 Å². The molecule has 2 aromatic carbocycles. The van der Waals surface area contributed by atoms with Gasteiger partial charge in [0.25, 0.3) is 0 Å². The van der Waals surface area contributed by atoms with Gasteiger partial charge in [0.05, 0.1) is 23.1 Å². The first-order valence-electron chi connectivity index (χ1n) is 9.27. The van der Waals surface area contributed by atoms with E-state index in [1.165, 1.54) is 4.31 Å². The molecule has 154 valence electrons. The molecule has 7 nitrogen and oxygen atoms in total. The van der Waals surface area contributed by atoms with E-state index in [9.17, 15) is 13.2 Å². The Bertz CT molecular complexity index is 1170. The molecule has 1 fully saturated rings. The van der Waals surface area contributed by atoms with Crippen molar-refractivity contribution in [1.29, 1.82) is 5.26 Å². The van der Waals surface area contributed by atoms with Crippen LogP contribution in [0.15, 0.2) is 47.4 Å². The van der Waals surface area contributed by atoms with E-state index in [2.05, 4.69) is 6.07 Å². The van der Waals surface area contributed by atoms with Crippen LogP contribution in [0.3, 0.4) is 0 Å². The molecule has 4 rings (SSSR count). The second-order valence-electron chi connectivity index (χ2n) is 7.04. The van der Waals surface area contributed by atoms with Crippen molar-refractivity contribution in [2.75, 3.05) is 26.2 Å². The third kappa shape index (κ3) is 4.05. The quantitative estimate of drug-likeness (QED) is 0.724. The number of ether oxygens (including phenoxy) is 1. The van der Waals surface area contributed by atoms with Gasteiger partial charge in [-0.2, -0.15) is 9.57 Å². The number of nitriles is 1. The third-order valence-electron chi connectivity index (χ3n) is 5.07. The topological polar surface area (TPSA) is 90.7 Å². The molecule has 0 aliphatic carbocycles. The highest BCUT2D eigenvalue weighted by atomic mass is 35.5. The van der Waals surface area contributed by atoms with Crippen LogP contribution < -0.4 is 4.74 Å². The Morgan fingerprint density at radius 1 is 1.13 bits per heavy atom. The average molecular weight is 444 g/mol. The monoisotopic (exact) mass is 443 g/mol. The van der Waals surface area contributed by atoms with Gasteiger partial charge in [-0.1, -0.05) is 23.7 Å². The summed E-state index contributed by atoms with van der Waals surface area (Å²) < 4.78 is 32.9. The number of carbonyl (C=O) groups is 1. The summed E-state index contributed by atoms with van der Waals surface area (Å²) in [6, 6.07) is 14.0. The first-order chi connectivity index (χ1) is 14.4. The molecule has 0 aromatic heterocycles. The molecule has 1 saturated heterocycles. The van der Waals surface area contributed by atoms with Gasteiger partial charge in [0.1, 0.15) is 12.4 Å². The largest absolute Gasteiger partial charge is 0.487 e. The first kappa shape index (κ1) is 20.4. The highest BCUT2D eigenvalue weighted by Crippen LogP contribution is 2.32. The molecular formula is C21H18ClN3O4S. The number of hydrogen-bond donors (Lipinski definition) is 0. The molecule has 2 aromatic rings. The fourth-order valence-corrected chi connectivity index (χ4v) is 4.98. The Morgan fingerprint density at radius 3 is 2.60 bits per heavy atom. The van der Waals surface area contributed by atoms with Crippen molar-refractivity contribution in [3.8, 4) is 11.8 Å². The number of carbonyl (C=O) groups excluding carboxylic acids is 1. The van der Waals surface area contributed by atoms with E-state index in [0.717, 1.165) is 5.56 Å². The molecule has 0 atom stereocenters. The van der Waals surface area contributed by atoms with Crippen LogP contribution in [0.5, 0.6) is 5.75 Å². The maximum atomic E-state index is 13.0. The zero-order valence-electron chi connectivity index (χ0n) is 15.9. The number of nitrogens with zero attached hydrogens (tertiary/aromatic N) is 3. The minimum absolute atomic E-state index is 0.102. The van der Waals surface area contributed by atoms with Gasteiger partial charge in [-0.3, -0.25) is 4.79 Å². The zero-order valence-corrected chi connectivity index (χ0v) is 17.5. The van der Waals surface area contributed by atoms with Gasteiger partial charge in [0, 0.05) is 30.2 Å². The van der Waals surface area contributed by atoms with Gasteiger partial charge in [-0.05, 0) is 42.0 Å². The number of rotatable bonds is 4. The number of piperazine rings is 1. The Balaban J connectivity index is 1.46. The van der Waals surface area contributed by atoms with Crippen LogP contribution in [-0.4, -0.2) is 49.8 Å². The van der Waals surface area contributed by atoms with Crippen molar-refractivity contribution >= 4 is 33.6 Å². The third-order valence-corrected chi connectivity index (χ3v) is 7.20. The lowest BCUT2D eigenvalue weighted by Crippen LogP contribution is -2.52. The zero-order chi connectivity index (χ0) is 21.3. The van der Waals surface area contributed by atoms with Gasteiger partial charge < -0.3 is 9.64 Å². The van der Waals surface area contributed by atoms with E-state index < -0.39 is 10.0 Å². The van der Waals surface area contributed by atoms with Crippen molar-refractivity contribution in [1.82, 2.24) is 9.21 Å².